The first-order valence-corrected chi connectivity index (χ1v) is 7.05. The SMILES string of the molecule is COc1cccc(C(=O)NNC(=O)c2cc(OC)cc(OC)c2)c1. The van der Waals surface area contributed by atoms with Crippen LogP contribution in [0.4, 0.5) is 0 Å². The molecule has 0 fully saturated rings. The summed E-state index contributed by atoms with van der Waals surface area (Å²) in [6, 6.07) is 11.3. The maximum Gasteiger partial charge on any atom is 0.269 e. The second kappa shape index (κ2) is 7.87. The van der Waals surface area contributed by atoms with E-state index in [4.69, 9.17) is 14.2 Å². The molecule has 2 aromatic carbocycles. The van der Waals surface area contributed by atoms with Crippen LogP contribution < -0.4 is 25.1 Å². The Labute approximate surface area is 139 Å². The second-order valence-electron chi connectivity index (χ2n) is 4.74. The van der Waals surface area contributed by atoms with Crippen molar-refractivity contribution in [3.8, 4) is 17.2 Å². The zero-order chi connectivity index (χ0) is 17.5. The molecular formula is C17H18N2O5. The molecule has 0 radical (unpaired) electrons. The molecule has 0 unspecified atom stereocenters. The third kappa shape index (κ3) is 4.16. The third-order valence-electron chi connectivity index (χ3n) is 3.24. The van der Waals surface area contributed by atoms with E-state index in [1.54, 1.807) is 30.3 Å². The normalized spacial score (nSPS) is 9.79. The molecule has 0 aromatic heterocycles. The molecule has 0 aliphatic rings. The molecular weight excluding hydrogens is 312 g/mol. The lowest BCUT2D eigenvalue weighted by Gasteiger charge is -2.10. The van der Waals surface area contributed by atoms with E-state index < -0.39 is 11.8 Å². The lowest BCUT2D eigenvalue weighted by molar-refractivity contribution is 0.0846. The Morgan fingerprint density at radius 1 is 0.708 bits per heavy atom. The molecule has 0 bridgehead atoms. The van der Waals surface area contributed by atoms with Crippen molar-refractivity contribution in [1.82, 2.24) is 10.9 Å². The number of benzene rings is 2. The van der Waals surface area contributed by atoms with Gasteiger partial charge >= 0.3 is 0 Å². The van der Waals surface area contributed by atoms with Gasteiger partial charge in [-0.05, 0) is 30.3 Å². The van der Waals surface area contributed by atoms with Crippen LogP contribution >= 0.6 is 0 Å². The molecule has 0 aliphatic heterocycles. The van der Waals surface area contributed by atoms with Crippen molar-refractivity contribution < 1.29 is 23.8 Å². The first kappa shape index (κ1) is 17.1. The highest BCUT2D eigenvalue weighted by Crippen LogP contribution is 2.22. The topological polar surface area (TPSA) is 85.9 Å². The number of methoxy groups -OCH3 is 3. The predicted octanol–water partition coefficient (Wildman–Crippen LogP) is 1.79. The highest BCUT2D eigenvalue weighted by Gasteiger charge is 2.12. The van der Waals surface area contributed by atoms with Gasteiger partial charge in [0, 0.05) is 17.2 Å². The minimum atomic E-state index is -0.497. The maximum atomic E-state index is 12.2. The zero-order valence-corrected chi connectivity index (χ0v) is 13.6. The number of hydrogen-bond donors (Lipinski definition) is 2. The van der Waals surface area contributed by atoms with Gasteiger partial charge in [0.05, 0.1) is 21.3 Å². The molecule has 2 amide bonds. The summed E-state index contributed by atoms with van der Waals surface area (Å²) in [6.07, 6.45) is 0. The van der Waals surface area contributed by atoms with Gasteiger partial charge in [0.15, 0.2) is 0 Å². The van der Waals surface area contributed by atoms with E-state index in [-0.39, 0.29) is 5.56 Å². The number of carbonyl (C=O) groups is 2. The molecule has 2 aromatic rings. The van der Waals surface area contributed by atoms with Gasteiger partial charge in [0.1, 0.15) is 17.2 Å². The van der Waals surface area contributed by atoms with E-state index in [1.165, 1.54) is 33.5 Å². The van der Waals surface area contributed by atoms with Gasteiger partial charge in [0.25, 0.3) is 11.8 Å². The molecule has 24 heavy (non-hydrogen) atoms. The lowest BCUT2D eigenvalue weighted by atomic mass is 10.2. The molecule has 7 heteroatoms. The van der Waals surface area contributed by atoms with Gasteiger partial charge < -0.3 is 14.2 Å². The zero-order valence-electron chi connectivity index (χ0n) is 13.6. The van der Waals surface area contributed by atoms with Gasteiger partial charge in [-0.3, -0.25) is 20.4 Å². The highest BCUT2D eigenvalue weighted by atomic mass is 16.5. The Balaban J connectivity index is 2.06. The Kier molecular flexibility index (Phi) is 5.62. The standard InChI is InChI=1S/C17H18N2O5/c1-22-13-6-4-5-11(7-13)16(20)18-19-17(21)12-8-14(23-2)10-15(9-12)24-3/h4-10H,1-3H3,(H,18,20)(H,19,21). The Bertz CT molecular complexity index is 723. The number of rotatable bonds is 5. The van der Waals surface area contributed by atoms with Gasteiger partial charge in [-0.1, -0.05) is 6.07 Å². The van der Waals surface area contributed by atoms with Crippen molar-refractivity contribution >= 4 is 11.8 Å². The summed E-state index contributed by atoms with van der Waals surface area (Å²) in [5.74, 6) is 0.532. The molecule has 0 atom stereocenters. The number of hydrazine groups is 1. The maximum absolute atomic E-state index is 12.2. The van der Waals surface area contributed by atoms with Crippen molar-refractivity contribution in [3.63, 3.8) is 0 Å². The predicted molar refractivity (Wildman–Crippen MR) is 87.5 cm³/mol. The average Bonchev–Trinajstić information content (AvgIpc) is 2.65. The molecule has 2 rings (SSSR count). The van der Waals surface area contributed by atoms with Crippen LogP contribution in [0, 0.1) is 0 Å². The van der Waals surface area contributed by atoms with Crippen LogP contribution in [0.25, 0.3) is 0 Å². The number of hydrogen-bond acceptors (Lipinski definition) is 5. The van der Waals surface area contributed by atoms with Gasteiger partial charge in [-0.25, -0.2) is 0 Å². The Hall–Kier alpha value is -3.22. The first-order valence-electron chi connectivity index (χ1n) is 7.05. The summed E-state index contributed by atoms with van der Waals surface area (Å²) in [5.41, 5.74) is 5.34. The summed E-state index contributed by atoms with van der Waals surface area (Å²) in [5, 5.41) is 0. The molecule has 0 heterocycles. The molecule has 7 nitrogen and oxygen atoms in total. The summed E-state index contributed by atoms with van der Waals surface area (Å²) in [7, 11) is 4.48. The van der Waals surface area contributed by atoms with Crippen LogP contribution in [0.5, 0.6) is 17.2 Å². The van der Waals surface area contributed by atoms with E-state index in [0.29, 0.717) is 22.8 Å². The fraction of sp³-hybridized carbons (Fsp3) is 0.176. The van der Waals surface area contributed by atoms with Crippen LogP contribution in [0.1, 0.15) is 20.7 Å². The second-order valence-corrected chi connectivity index (χ2v) is 4.74. The van der Waals surface area contributed by atoms with Crippen LogP contribution in [0.15, 0.2) is 42.5 Å². The Morgan fingerprint density at radius 3 is 1.75 bits per heavy atom. The number of carbonyl (C=O) groups excluding carboxylic acids is 2. The smallest absolute Gasteiger partial charge is 0.269 e. The van der Waals surface area contributed by atoms with Crippen molar-refractivity contribution in [3.05, 3.63) is 53.6 Å². The molecule has 126 valence electrons. The first-order chi connectivity index (χ1) is 11.6. The van der Waals surface area contributed by atoms with Crippen molar-refractivity contribution in [2.75, 3.05) is 21.3 Å². The molecule has 0 aliphatic carbocycles. The molecule has 2 N–H and O–H groups in total. The van der Waals surface area contributed by atoms with Crippen LogP contribution in [-0.4, -0.2) is 33.1 Å². The highest BCUT2D eigenvalue weighted by molar-refractivity contribution is 5.99. The summed E-state index contributed by atoms with van der Waals surface area (Å²) in [4.78, 5) is 24.2. The van der Waals surface area contributed by atoms with Gasteiger partial charge in [0.2, 0.25) is 0 Å². The lowest BCUT2D eigenvalue weighted by Crippen LogP contribution is -2.41. The van der Waals surface area contributed by atoms with Crippen molar-refractivity contribution in [2.45, 2.75) is 0 Å². The minimum absolute atomic E-state index is 0.289. The fourth-order valence-corrected chi connectivity index (χ4v) is 1.96. The number of ether oxygens (including phenoxy) is 3. The van der Waals surface area contributed by atoms with E-state index >= 15 is 0 Å². The molecule has 0 saturated carbocycles. The third-order valence-corrected chi connectivity index (χ3v) is 3.24. The van der Waals surface area contributed by atoms with E-state index in [9.17, 15) is 9.59 Å². The monoisotopic (exact) mass is 330 g/mol. The summed E-state index contributed by atoms with van der Waals surface area (Å²) in [6.45, 7) is 0. The Morgan fingerprint density at radius 2 is 1.21 bits per heavy atom. The van der Waals surface area contributed by atoms with Crippen LogP contribution in [-0.2, 0) is 0 Å². The van der Waals surface area contributed by atoms with E-state index in [1.807, 2.05) is 0 Å². The van der Waals surface area contributed by atoms with E-state index in [2.05, 4.69) is 10.9 Å². The molecule has 0 spiro atoms. The van der Waals surface area contributed by atoms with Crippen LogP contribution in [0.3, 0.4) is 0 Å². The van der Waals surface area contributed by atoms with Gasteiger partial charge in [-0.15, -0.1) is 0 Å². The quantitative estimate of drug-likeness (QED) is 0.816. The van der Waals surface area contributed by atoms with Gasteiger partial charge in [-0.2, -0.15) is 0 Å². The molecule has 0 saturated heterocycles. The van der Waals surface area contributed by atoms with Crippen LogP contribution in [0.2, 0.25) is 0 Å². The number of nitrogens with one attached hydrogen (secondary N) is 2. The fourth-order valence-electron chi connectivity index (χ4n) is 1.96. The summed E-state index contributed by atoms with van der Waals surface area (Å²) >= 11 is 0. The number of amides is 2. The van der Waals surface area contributed by atoms with E-state index in [0.717, 1.165) is 0 Å². The van der Waals surface area contributed by atoms with Crippen molar-refractivity contribution in [2.24, 2.45) is 0 Å². The summed E-state index contributed by atoms with van der Waals surface area (Å²) < 4.78 is 15.3. The minimum Gasteiger partial charge on any atom is -0.497 e. The average molecular weight is 330 g/mol. The largest absolute Gasteiger partial charge is 0.497 e. The van der Waals surface area contributed by atoms with Crippen molar-refractivity contribution in [1.29, 1.82) is 0 Å².